The highest BCUT2D eigenvalue weighted by Gasteiger charge is 2.06. The molecule has 0 fully saturated rings. The number of carbonyl (C=O) groups excluding carboxylic acids is 1. The van der Waals surface area contributed by atoms with Crippen molar-refractivity contribution in [1.29, 1.82) is 0 Å². The summed E-state index contributed by atoms with van der Waals surface area (Å²) in [6.45, 7) is 2.14. The topological polar surface area (TPSA) is 68.0 Å². The smallest absolute Gasteiger partial charge is 0.257 e. The fraction of sp³-hybridized carbons (Fsp3) is 0.200. The molecule has 0 spiro atoms. The highest BCUT2D eigenvalue weighted by molar-refractivity contribution is 6.04. The standard InChI is InChI=1S/C15H17N3O/c1-2-3-11-4-7-13(8-5-11)18-15(19)12-6-9-14(16)17-10-12/h4-10H,2-3H2,1H3,(H2,16,17)(H,18,19). The van der Waals surface area contributed by atoms with Gasteiger partial charge in [0.15, 0.2) is 0 Å². The molecular weight excluding hydrogens is 238 g/mol. The van der Waals surface area contributed by atoms with E-state index in [0.717, 1.165) is 18.5 Å². The molecule has 1 aromatic heterocycles. The van der Waals surface area contributed by atoms with Crippen molar-refractivity contribution in [2.45, 2.75) is 19.8 Å². The van der Waals surface area contributed by atoms with Gasteiger partial charge in [-0.3, -0.25) is 4.79 Å². The third-order valence-corrected chi connectivity index (χ3v) is 2.80. The maximum absolute atomic E-state index is 11.9. The molecule has 0 saturated carbocycles. The van der Waals surface area contributed by atoms with Crippen LogP contribution in [0.1, 0.15) is 29.3 Å². The first kappa shape index (κ1) is 13.1. The summed E-state index contributed by atoms with van der Waals surface area (Å²) in [7, 11) is 0. The van der Waals surface area contributed by atoms with Crippen LogP contribution in [-0.4, -0.2) is 10.9 Å². The van der Waals surface area contributed by atoms with Crippen molar-refractivity contribution in [3.05, 3.63) is 53.7 Å². The molecule has 0 aliphatic heterocycles. The number of hydrogen-bond acceptors (Lipinski definition) is 3. The summed E-state index contributed by atoms with van der Waals surface area (Å²) < 4.78 is 0. The monoisotopic (exact) mass is 255 g/mol. The van der Waals surface area contributed by atoms with Crippen molar-refractivity contribution in [2.24, 2.45) is 0 Å². The van der Waals surface area contributed by atoms with Gasteiger partial charge in [-0.25, -0.2) is 4.98 Å². The molecular formula is C15H17N3O. The molecule has 0 unspecified atom stereocenters. The summed E-state index contributed by atoms with van der Waals surface area (Å²) in [5.74, 6) is 0.219. The van der Waals surface area contributed by atoms with Crippen molar-refractivity contribution in [1.82, 2.24) is 4.98 Å². The van der Waals surface area contributed by atoms with E-state index < -0.39 is 0 Å². The second-order valence-electron chi connectivity index (χ2n) is 4.37. The molecule has 0 atom stereocenters. The second kappa shape index (κ2) is 6.00. The lowest BCUT2D eigenvalue weighted by Crippen LogP contribution is -2.12. The lowest BCUT2D eigenvalue weighted by molar-refractivity contribution is 0.102. The first-order chi connectivity index (χ1) is 9.19. The Balaban J connectivity index is 2.04. The highest BCUT2D eigenvalue weighted by Crippen LogP contribution is 2.12. The molecule has 0 aliphatic carbocycles. The fourth-order valence-corrected chi connectivity index (χ4v) is 1.79. The quantitative estimate of drug-likeness (QED) is 0.882. The molecule has 3 N–H and O–H groups in total. The van der Waals surface area contributed by atoms with Crippen LogP contribution in [0.4, 0.5) is 11.5 Å². The van der Waals surface area contributed by atoms with Gasteiger partial charge in [0.2, 0.25) is 0 Å². The number of rotatable bonds is 4. The molecule has 4 heteroatoms. The Morgan fingerprint density at radius 3 is 2.53 bits per heavy atom. The molecule has 1 aromatic carbocycles. The third-order valence-electron chi connectivity index (χ3n) is 2.80. The zero-order chi connectivity index (χ0) is 13.7. The number of nitrogen functional groups attached to an aromatic ring is 1. The number of nitrogens with two attached hydrogens (primary N) is 1. The molecule has 4 nitrogen and oxygen atoms in total. The van der Waals surface area contributed by atoms with Crippen LogP contribution in [0, 0.1) is 0 Å². The van der Waals surface area contributed by atoms with Gasteiger partial charge in [-0.05, 0) is 36.2 Å². The Morgan fingerprint density at radius 1 is 1.21 bits per heavy atom. The van der Waals surface area contributed by atoms with Crippen LogP contribution in [0.2, 0.25) is 0 Å². The normalized spacial score (nSPS) is 10.2. The van der Waals surface area contributed by atoms with Crippen LogP contribution in [0.15, 0.2) is 42.6 Å². The minimum Gasteiger partial charge on any atom is -0.384 e. The van der Waals surface area contributed by atoms with E-state index in [-0.39, 0.29) is 5.91 Å². The van der Waals surface area contributed by atoms with Crippen molar-refractivity contribution >= 4 is 17.4 Å². The van der Waals surface area contributed by atoms with Crippen molar-refractivity contribution in [3.63, 3.8) is 0 Å². The molecule has 2 aromatic rings. The zero-order valence-corrected chi connectivity index (χ0v) is 10.9. The predicted octanol–water partition coefficient (Wildman–Crippen LogP) is 2.87. The molecule has 0 aliphatic rings. The minimum absolute atomic E-state index is 0.184. The minimum atomic E-state index is -0.184. The molecule has 2 rings (SSSR count). The van der Waals surface area contributed by atoms with E-state index in [1.54, 1.807) is 12.1 Å². The van der Waals surface area contributed by atoms with Gasteiger partial charge in [0, 0.05) is 11.9 Å². The van der Waals surface area contributed by atoms with Crippen LogP contribution in [0.5, 0.6) is 0 Å². The molecule has 1 amide bonds. The van der Waals surface area contributed by atoms with Crippen LogP contribution < -0.4 is 11.1 Å². The van der Waals surface area contributed by atoms with Gasteiger partial charge in [-0.15, -0.1) is 0 Å². The van der Waals surface area contributed by atoms with Gasteiger partial charge in [-0.1, -0.05) is 25.5 Å². The first-order valence-corrected chi connectivity index (χ1v) is 6.31. The number of nitrogens with one attached hydrogen (secondary N) is 1. The lowest BCUT2D eigenvalue weighted by atomic mass is 10.1. The van der Waals surface area contributed by atoms with E-state index in [1.807, 2.05) is 24.3 Å². The van der Waals surface area contributed by atoms with E-state index in [9.17, 15) is 4.79 Å². The summed E-state index contributed by atoms with van der Waals surface area (Å²) in [5.41, 5.74) is 8.03. The number of carbonyl (C=O) groups is 1. The number of benzene rings is 1. The van der Waals surface area contributed by atoms with Crippen molar-refractivity contribution < 1.29 is 4.79 Å². The predicted molar refractivity (Wildman–Crippen MR) is 77.0 cm³/mol. The van der Waals surface area contributed by atoms with Crippen LogP contribution in [-0.2, 0) is 6.42 Å². The van der Waals surface area contributed by atoms with Gasteiger partial charge < -0.3 is 11.1 Å². The average molecular weight is 255 g/mol. The summed E-state index contributed by atoms with van der Waals surface area (Å²) in [6.07, 6.45) is 3.63. The van der Waals surface area contributed by atoms with E-state index >= 15 is 0 Å². The molecule has 98 valence electrons. The largest absolute Gasteiger partial charge is 0.384 e. The van der Waals surface area contributed by atoms with E-state index in [0.29, 0.717) is 11.4 Å². The maximum Gasteiger partial charge on any atom is 0.257 e. The van der Waals surface area contributed by atoms with E-state index in [1.165, 1.54) is 11.8 Å². The zero-order valence-electron chi connectivity index (χ0n) is 10.9. The third kappa shape index (κ3) is 3.55. The van der Waals surface area contributed by atoms with Crippen LogP contribution >= 0.6 is 0 Å². The van der Waals surface area contributed by atoms with Gasteiger partial charge in [0.25, 0.3) is 5.91 Å². The summed E-state index contributed by atoms with van der Waals surface area (Å²) in [5, 5.41) is 2.83. The first-order valence-electron chi connectivity index (χ1n) is 6.31. The fourth-order valence-electron chi connectivity index (χ4n) is 1.79. The van der Waals surface area contributed by atoms with Crippen LogP contribution in [0.3, 0.4) is 0 Å². The Morgan fingerprint density at radius 2 is 1.95 bits per heavy atom. The molecule has 0 saturated heterocycles. The Bertz CT molecular complexity index is 547. The number of hydrogen-bond donors (Lipinski definition) is 2. The van der Waals surface area contributed by atoms with Gasteiger partial charge in [-0.2, -0.15) is 0 Å². The summed E-state index contributed by atoms with van der Waals surface area (Å²) in [4.78, 5) is 15.8. The number of amides is 1. The molecule has 0 bridgehead atoms. The van der Waals surface area contributed by atoms with Gasteiger partial charge >= 0.3 is 0 Å². The number of nitrogens with zero attached hydrogens (tertiary/aromatic N) is 1. The number of aryl methyl sites for hydroxylation is 1. The Hall–Kier alpha value is -2.36. The Labute approximate surface area is 112 Å². The van der Waals surface area contributed by atoms with E-state index in [4.69, 9.17) is 5.73 Å². The average Bonchev–Trinajstić information content (AvgIpc) is 2.42. The highest BCUT2D eigenvalue weighted by atomic mass is 16.1. The maximum atomic E-state index is 11.9. The van der Waals surface area contributed by atoms with Crippen molar-refractivity contribution in [3.8, 4) is 0 Å². The number of anilines is 2. The van der Waals surface area contributed by atoms with Gasteiger partial charge in [0.05, 0.1) is 5.56 Å². The number of aromatic nitrogens is 1. The second-order valence-corrected chi connectivity index (χ2v) is 4.37. The summed E-state index contributed by atoms with van der Waals surface area (Å²) >= 11 is 0. The SMILES string of the molecule is CCCc1ccc(NC(=O)c2ccc(N)nc2)cc1. The van der Waals surface area contributed by atoms with Gasteiger partial charge in [0.1, 0.15) is 5.82 Å². The molecule has 19 heavy (non-hydrogen) atoms. The number of pyridine rings is 1. The van der Waals surface area contributed by atoms with Crippen LogP contribution in [0.25, 0.3) is 0 Å². The lowest BCUT2D eigenvalue weighted by Gasteiger charge is -2.06. The van der Waals surface area contributed by atoms with Crippen molar-refractivity contribution in [2.75, 3.05) is 11.1 Å². The molecule has 0 radical (unpaired) electrons. The molecule has 1 heterocycles. The Kier molecular flexibility index (Phi) is 4.13. The summed E-state index contributed by atoms with van der Waals surface area (Å²) in [6, 6.07) is 11.1. The van der Waals surface area contributed by atoms with E-state index in [2.05, 4.69) is 17.2 Å².